The van der Waals surface area contributed by atoms with E-state index < -0.39 is 6.04 Å². The van der Waals surface area contributed by atoms with Gasteiger partial charge in [0.15, 0.2) is 0 Å². The Morgan fingerprint density at radius 1 is 1.23 bits per heavy atom. The number of hydrogen-bond donors (Lipinski definition) is 1. The number of fused-ring (bicyclic) bond motifs is 1. The van der Waals surface area contributed by atoms with E-state index in [-0.39, 0.29) is 5.97 Å². The summed E-state index contributed by atoms with van der Waals surface area (Å²) in [5, 5.41) is 8.61. The molecular weight excluding hydrogens is 464 g/mol. The molecule has 154 valence electrons. The van der Waals surface area contributed by atoms with E-state index in [1.54, 1.807) is 23.4 Å². The topological polar surface area (TPSA) is 69.0 Å². The highest BCUT2D eigenvalue weighted by atomic mass is 79.9. The van der Waals surface area contributed by atoms with Crippen LogP contribution in [0.1, 0.15) is 31.0 Å². The number of allylic oxidation sites excluding steroid dienone is 1. The Morgan fingerprint density at radius 3 is 2.77 bits per heavy atom. The molecule has 1 aliphatic heterocycles. The van der Waals surface area contributed by atoms with E-state index in [9.17, 15) is 4.79 Å². The number of aromatic nitrogens is 3. The minimum atomic E-state index is -0.420. The van der Waals surface area contributed by atoms with Gasteiger partial charge in [-0.25, -0.2) is 9.48 Å². The van der Waals surface area contributed by atoms with Crippen molar-refractivity contribution in [3.05, 3.63) is 81.5 Å². The summed E-state index contributed by atoms with van der Waals surface area (Å²) in [6, 6.07) is 17.6. The largest absolute Gasteiger partial charge is 0.463 e. The first kappa shape index (κ1) is 20.7. The average Bonchev–Trinajstić information content (AvgIpc) is 3.14. The van der Waals surface area contributed by atoms with Gasteiger partial charge in [-0.05, 0) is 37.1 Å². The van der Waals surface area contributed by atoms with Gasteiger partial charge in [0.25, 0.3) is 0 Å². The maximum atomic E-state index is 12.8. The number of rotatable bonds is 6. The Hall–Kier alpha value is -2.58. The highest BCUT2D eigenvalue weighted by Gasteiger charge is 2.35. The fourth-order valence-electron chi connectivity index (χ4n) is 3.37. The zero-order valence-electron chi connectivity index (χ0n) is 16.6. The van der Waals surface area contributed by atoms with E-state index in [1.807, 2.05) is 49.4 Å². The fraction of sp³-hybridized carbons (Fsp3) is 0.227. The number of benzene rings is 2. The quantitative estimate of drug-likeness (QED) is 0.383. The summed E-state index contributed by atoms with van der Waals surface area (Å²) in [4.78, 5) is 17.5. The third kappa shape index (κ3) is 4.29. The smallest absolute Gasteiger partial charge is 0.338 e. The van der Waals surface area contributed by atoms with Crippen molar-refractivity contribution in [2.75, 3.05) is 11.9 Å². The maximum Gasteiger partial charge on any atom is 0.338 e. The number of anilines is 1. The van der Waals surface area contributed by atoms with E-state index in [0.29, 0.717) is 23.3 Å². The zero-order chi connectivity index (χ0) is 21.1. The first-order valence-corrected chi connectivity index (χ1v) is 11.4. The second kappa shape index (κ2) is 9.06. The Kier molecular flexibility index (Phi) is 6.24. The van der Waals surface area contributed by atoms with Crippen molar-refractivity contribution in [1.82, 2.24) is 14.8 Å². The molecule has 1 atom stereocenters. The minimum Gasteiger partial charge on any atom is -0.463 e. The minimum absolute atomic E-state index is 0.309. The van der Waals surface area contributed by atoms with Gasteiger partial charge in [-0.2, -0.15) is 4.98 Å². The Bertz CT molecular complexity index is 1100. The summed E-state index contributed by atoms with van der Waals surface area (Å²) in [5.41, 5.74) is 3.39. The lowest BCUT2D eigenvalue weighted by Gasteiger charge is -2.28. The van der Waals surface area contributed by atoms with Crippen LogP contribution in [0.4, 0.5) is 5.95 Å². The summed E-state index contributed by atoms with van der Waals surface area (Å²) in [6.07, 6.45) is 0. The van der Waals surface area contributed by atoms with Gasteiger partial charge in [0, 0.05) is 15.9 Å². The summed E-state index contributed by atoms with van der Waals surface area (Å²) < 4.78 is 8.05. The zero-order valence-corrected chi connectivity index (χ0v) is 19.0. The molecule has 8 heteroatoms. The van der Waals surface area contributed by atoms with Crippen LogP contribution in [0, 0.1) is 0 Å². The number of carbonyl (C=O) groups excluding carboxylic acids is 1. The van der Waals surface area contributed by atoms with Crippen LogP contribution in [0.15, 0.2) is 75.5 Å². The number of halogens is 1. The van der Waals surface area contributed by atoms with Gasteiger partial charge >= 0.3 is 5.97 Å². The number of thioether (sulfide) groups is 1. The summed E-state index contributed by atoms with van der Waals surface area (Å²) in [6.45, 7) is 3.98. The normalized spacial score (nSPS) is 15.5. The predicted octanol–water partition coefficient (Wildman–Crippen LogP) is 5.18. The number of hydrogen-bond acceptors (Lipinski definition) is 6. The third-order valence-corrected chi connectivity index (χ3v) is 6.11. The molecule has 0 radical (unpaired) electrons. The van der Waals surface area contributed by atoms with Crippen LogP contribution in [0.5, 0.6) is 0 Å². The van der Waals surface area contributed by atoms with Gasteiger partial charge in [-0.3, -0.25) is 0 Å². The Labute approximate surface area is 187 Å². The lowest BCUT2D eigenvalue weighted by Crippen LogP contribution is -2.29. The van der Waals surface area contributed by atoms with Crippen LogP contribution in [-0.4, -0.2) is 27.3 Å². The van der Waals surface area contributed by atoms with Crippen molar-refractivity contribution in [1.29, 1.82) is 0 Å². The highest BCUT2D eigenvalue weighted by molar-refractivity contribution is 9.10. The first-order chi connectivity index (χ1) is 14.6. The number of carbonyl (C=O) groups is 1. The van der Waals surface area contributed by atoms with Crippen molar-refractivity contribution >= 4 is 39.6 Å². The number of ether oxygens (including phenoxy) is 1. The monoisotopic (exact) mass is 484 g/mol. The summed E-state index contributed by atoms with van der Waals surface area (Å²) >= 11 is 5.09. The second-order valence-corrected chi connectivity index (χ2v) is 8.64. The lowest BCUT2D eigenvalue weighted by atomic mass is 9.96. The van der Waals surface area contributed by atoms with Crippen LogP contribution >= 0.6 is 27.7 Å². The van der Waals surface area contributed by atoms with E-state index in [4.69, 9.17) is 9.84 Å². The van der Waals surface area contributed by atoms with Crippen LogP contribution in [0.3, 0.4) is 0 Å². The molecule has 3 aromatic rings. The molecule has 0 spiro atoms. The van der Waals surface area contributed by atoms with E-state index >= 15 is 0 Å². The van der Waals surface area contributed by atoms with E-state index in [0.717, 1.165) is 21.5 Å². The van der Waals surface area contributed by atoms with Gasteiger partial charge in [0.2, 0.25) is 11.1 Å². The van der Waals surface area contributed by atoms with Gasteiger partial charge in [0.05, 0.1) is 12.2 Å². The molecule has 2 aromatic carbocycles. The van der Waals surface area contributed by atoms with Crippen molar-refractivity contribution in [3.63, 3.8) is 0 Å². The Morgan fingerprint density at radius 2 is 2.03 bits per heavy atom. The number of nitrogens with zero attached hydrogens (tertiary/aromatic N) is 3. The van der Waals surface area contributed by atoms with E-state index in [1.165, 1.54) is 5.56 Å². The molecule has 0 saturated carbocycles. The molecule has 1 aromatic heterocycles. The maximum absolute atomic E-state index is 12.8. The average molecular weight is 485 g/mol. The van der Waals surface area contributed by atoms with Crippen molar-refractivity contribution in [2.45, 2.75) is 30.8 Å². The van der Waals surface area contributed by atoms with E-state index in [2.05, 4.69) is 38.4 Å². The molecule has 0 fully saturated rings. The van der Waals surface area contributed by atoms with Crippen LogP contribution in [0.25, 0.3) is 0 Å². The summed E-state index contributed by atoms with van der Waals surface area (Å²) in [5.74, 6) is 1.02. The molecular formula is C22H21BrN4O2S. The van der Waals surface area contributed by atoms with Gasteiger partial charge in [-0.15, -0.1) is 5.10 Å². The predicted molar refractivity (Wildman–Crippen MR) is 121 cm³/mol. The van der Waals surface area contributed by atoms with Crippen LogP contribution in [0.2, 0.25) is 0 Å². The molecule has 0 saturated heterocycles. The molecule has 2 heterocycles. The fourth-order valence-corrected chi connectivity index (χ4v) is 4.57. The van der Waals surface area contributed by atoms with Crippen molar-refractivity contribution < 1.29 is 9.53 Å². The molecule has 1 N–H and O–H groups in total. The highest BCUT2D eigenvalue weighted by Crippen LogP contribution is 2.37. The molecule has 0 amide bonds. The lowest BCUT2D eigenvalue weighted by molar-refractivity contribution is -0.139. The molecule has 0 aliphatic carbocycles. The van der Waals surface area contributed by atoms with Crippen molar-refractivity contribution in [3.8, 4) is 0 Å². The second-order valence-electron chi connectivity index (χ2n) is 6.78. The van der Waals surface area contributed by atoms with Crippen LogP contribution < -0.4 is 5.32 Å². The first-order valence-electron chi connectivity index (χ1n) is 9.60. The van der Waals surface area contributed by atoms with Crippen LogP contribution in [-0.2, 0) is 15.3 Å². The molecule has 0 bridgehead atoms. The van der Waals surface area contributed by atoms with Gasteiger partial charge < -0.3 is 10.1 Å². The standard InChI is InChI=1S/C22H21BrN4O2S/c1-3-29-20(28)18-14(2)24-21-25-22(30-13-15-8-5-4-6-9-15)26-27(21)19(18)16-10-7-11-17(23)12-16/h4-12,19H,3,13H2,1-2H3,(H,24,25,26). The SMILES string of the molecule is CCOC(=O)C1=C(C)Nc2nc(SCc3ccccc3)nn2C1c1cccc(Br)c1. The third-order valence-electron chi connectivity index (χ3n) is 4.70. The summed E-state index contributed by atoms with van der Waals surface area (Å²) in [7, 11) is 0. The number of esters is 1. The van der Waals surface area contributed by atoms with Gasteiger partial charge in [0.1, 0.15) is 6.04 Å². The van der Waals surface area contributed by atoms with Crippen molar-refractivity contribution in [2.24, 2.45) is 0 Å². The molecule has 30 heavy (non-hydrogen) atoms. The Balaban J connectivity index is 1.71. The molecule has 1 unspecified atom stereocenters. The molecule has 4 rings (SSSR count). The van der Waals surface area contributed by atoms with Gasteiger partial charge in [-0.1, -0.05) is 70.2 Å². The molecule has 6 nitrogen and oxygen atoms in total. The number of nitrogens with one attached hydrogen (secondary N) is 1. The molecule has 1 aliphatic rings.